The second-order valence-electron chi connectivity index (χ2n) is 4.45. The van der Waals surface area contributed by atoms with Crippen LogP contribution < -0.4 is 5.32 Å². The predicted molar refractivity (Wildman–Crippen MR) is 75.7 cm³/mol. The van der Waals surface area contributed by atoms with Gasteiger partial charge >= 0.3 is 5.97 Å². The van der Waals surface area contributed by atoms with Gasteiger partial charge in [0.05, 0.1) is 17.4 Å². The molecular formula is C14H17N3O3. The summed E-state index contributed by atoms with van der Waals surface area (Å²) in [5, 5.41) is 21.1. The van der Waals surface area contributed by atoms with Gasteiger partial charge in [0.15, 0.2) is 0 Å². The van der Waals surface area contributed by atoms with Gasteiger partial charge in [0.1, 0.15) is 6.04 Å². The first-order valence-electron chi connectivity index (χ1n) is 6.41. The molecular weight excluding hydrogens is 258 g/mol. The van der Waals surface area contributed by atoms with E-state index in [2.05, 4.69) is 15.5 Å². The van der Waals surface area contributed by atoms with E-state index in [-0.39, 0.29) is 0 Å². The molecule has 0 radical (unpaired) electrons. The van der Waals surface area contributed by atoms with Gasteiger partial charge in [-0.25, -0.2) is 4.79 Å². The van der Waals surface area contributed by atoms with Crippen LogP contribution in [-0.2, 0) is 9.53 Å². The van der Waals surface area contributed by atoms with Gasteiger partial charge in [0, 0.05) is 19.1 Å². The molecule has 2 N–H and O–H groups in total. The molecule has 1 aromatic heterocycles. The Kier molecular flexibility index (Phi) is 4.84. The van der Waals surface area contributed by atoms with E-state index in [0.29, 0.717) is 25.1 Å². The second kappa shape index (κ2) is 6.81. The SMILES string of the molecule is COCCCC(Nc1cnnc2ccccc12)C(=O)O. The molecule has 0 amide bonds. The highest BCUT2D eigenvalue weighted by Crippen LogP contribution is 2.21. The minimum absolute atomic E-state index is 0.486. The highest BCUT2D eigenvalue weighted by Gasteiger charge is 2.17. The molecule has 2 aromatic rings. The third-order valence-electron chi connectivity index (χ3n) is 3.02. The van der Waals surface area contributed by atoms with Crippen LogP contribution in [-0.4, -0.2) is 41.0 Å². The number of carboxylic acids is 1. The average Bonchev–Trinajstić information content (AvgIpc) is 2.46. The van der Waals surface area contributed by atoms with Crippen molar-refractivity contribution in [2.75, 3.05) is 19.0 Å². The molecule has 2 rings (SSSR count). The zero-order chi connectivity index (χ0) is 14.4. The van der Waals surface area contributed by atoms with Gasteiger partial charge in [-0.05, 0) is 18.9 Å². The Morgan fingerprint density at radius 2 is 2.25 bits per heavy atom. The zero-order valence-corrected chi connectivity index (χ0v) is 11.2. The lowest BCUT2D eigenvalue weighted by molar-refractivity contribution is -0.138. The summed E-state index contributed by atoms with van der Waals surface area (Å²) >= 11 is 0. The normalized spacial score (nSPS) is 12.2. The molecule has 106 valence electrons. The lowest BCUT2D eigenvalue weighted by atomic mass is 10.1. The topological polar surface area (TPSA) is 84.3 Å². The summed E-state index contributed by atoms with van der Waals surface area (Å²) < 4.78 is 4.95. The lowest BCUT2D eigenvalue weighted by Crippen LogP contribution is -2.29. The summed E-state index contributed by atoms with van der Waals surface area (Å²) in [4.78, 5) is 11.3. The third kappa shape index (κ3) is 3.42. The molecule has 0 saturated carbocycles. The van der Waals surface area contributed by atoms with Gasteiger partial charge in [0.2, 0.25) is 0 Å². The van der Waals surface area contributed by atoms with Gasteiger partial charge in [-0.3, -0.25) is 0 Å². The maximum absolute atomic E-state index is 11.3. The molecule has 0 fully saturated rings. The number of rotatable bonds is 7. The van der Waals surface area contributed by atoms with E-state index >= 15 is 0 Å². The molecule has 20 heavy (non-hydrogen) atoms. The van der Waals surface area contributed by atoms with Crippen LogP contribution in [0.2, 0.25) is 0 Å². The van der Waals surface area contributed by atoms with E-state index in [0.717, 1.165) is 10.9 Å². The fourth-order valence-electron chi connectivity index (χ4n) is 2.00. The average molecular weight is 275 g/mol. The molecule has 1 unspecified atom stereocenters. The largest absolute Gasteiger partial charge is 0.480 e. The maximum atomic E-state index is 11.3. The van der Waals surface area contributed by atoms with Crippen LogP contribution in [0.1, 0.15) is 12.8 Å². The Morgan fingerprint density at radius 3 is 3.00 bits per heavy atom. The van der Waals surface area contributed by atoms with E-state index in [4.69, 9.17) is 4.74 Å². The van der Waals surface area contributed by atoms with Gasteiger partial charge in [0.25, 0.3) is 0 Å². The van der Waals surface area contributed by atoms with Crippen LogP contribution in [0.5, 0.6) is 0 Å². The number of carboxylic acid groups (broad SMARTS) is 1. The summed E-state index contributed by atoms with van der Waals surface area (Å²) in [5.41, 5.74) is 1.42. The maximum Gasteiger partial charge on any atom is 0.326 e. The van der Waals surface area contributed by atoms with Crippen molar-refractivity contribution in [2.45, 2.75) is 18.9 Å². The van der Waals surface area contributed by atoms with Crippen molar-refractivity contribution < 1.29 is 14.6 Å². The Hall–Kier alpha value is -2.21. The van der Waals surface area contributed by atoms with Gasteiger partial charge < -0.3 is 15.2 Å². The number of benzene rings is 1. The zero-order valence-electron chi connectivity index (χ0n) is 11.2. The highest BCUT2D eigenvalue weighted by atomic mass is 16.5. The van der Waals surface area contributed by atoms with E-state index < -0.39 is 12.0 Å². The van der Waals surface area contributed by atoms with E-state index in [9.17, 15) is 9.90 Å². The van der Waals surface area contributed by atoms with Crippen molar-refractivity contribution in [3.05, 3.63) is 30.5 Å². The summed E-state index contributed by atoms with van der Waals surface area (Å²) in [6.07, 6.45) is 2.71. The summed E-state index contributed by atoms with van der Waals surface area (Å²) in [6, 6.07) is 6.82. The molecule has 0 saturated heterocycles. The number of methoxy groups -OCH3 is 1. The first kappa shape index (κ1) is 14.2. The van der Waals surface area contributed by atoms with Gasteiger partial charge in [-0.1, -0.05) is 18.2 Å². The van der Waals surface area contributed by atoms with E-state index in [1.165, 1.54) is 0 Å². The van der Waals surface area contributed by atoms with Crippen molar-refractivity contribution in [2.24, 2.45) is 0 Å². The van der Waals surface area contributed by atoms with Crippen LogP contribution in [0.3, 0.4) is 0 Å². The fourth-order valence-corrected chi connectivity index (χ4v) is 2.00. The monoisotopic (exact) mass is 275 g/mol. The molecule has 0 aliphatic heterocycles. The quantitative estimate of drug-likeness (QED) is 0.751. The minimum Gasteiger partial charge on any atom is -0.480 e. The number of hydrogen-bond donors (Lipinski definition) is 2. The Bertz CT molecular complexity index is 583. The smallest absolute Gasteiger partial charge is 0.326 e. The fraction of sp³-hybridized carbons (Fsp3) is 0.357. The Balaban J connectivity index is 2.18. The number of aliphatic carboxylic acids is 1. The number of nitrogens with zero attached hydrogens (tertiary/aromatic N) is 2. The van der Waals surface area contributed by atoms with Crippen LogP contribution in [0.25, 0.3) is 10.9 Å². The molecule has 0 bridgehead atoms. The summed E-state index contributed by atoms with van der Waals surface area (Å²) in [6.45, 7) is 0.542. The number of carbonyl (C=O) groups is 1. The number of aromatic nitrogens is 2. The molecule has 0 aliphatic carbocycles. The van der Waals surface area contributed by atoms with Crippen molar-refractivity contribution in [1.29, 1.82) is 0 Å². The molecule has 1 atom stereocenters. The van der Waals surface area contributed by atoms with Crippen LogP contribution in [0, 0.1) is 0 Å². The molecule has 1 heterocycles. The van der Waals surface area contributed by atoms with Crippen molar-refractivity contribution in [3.63, 3.8) is 0 Å². The summed E-state index contributed by atoms with van der Waals surface area (Å²) in [7, 11) is 1.60. The number of hydrogen-bond acceptors (Lipinski definition) is 5. The molecule has 6 heteroatoms. The molecule has 0 spiro atoms. The van der Waals surface area contributed by atoms with Crippen LogP contribution in [0.15, 0.2) is 30.5 Å². The first-order valence-corrected chi connectivity index (χ1v) is 6.41. The second-order valence-corrected chi connectivity index (χ2v) is 4.45. The standard InChI is InChI=1S/C14H17N3O3/c1-20-8-4-7-12(14(18)19)16-13-9-15-17-11-6-3-2-5-10(11)13/h2-3,5-6,9,12H,4,7-8H2,1H3,(H,16,17)(H,18,19). The van der Waals surface area contributed by atoms with Crippen LogP contribution in [0.4, 0.5) is 5.69 Å². The van der Waals surface area contributed by atoms with Crippen molar-refractivity contribution >= 4 is 22.6 Å². The predicted octanol–water partition coefficient (Wildman–Crippen LogP) is 1.92. The number of fused-ring (bicyclic) bond motifs is 1. The first-order chi connectivity index (χ1) is 9.72. The minimum atomic E-state index is -0.887. The Labute approximate surface area is 116 Å². The molecule has 6 nitrogen and oxygen atoms in total. The van der Waals surface area contributed by atoms with Gasteiger partial charge in [-0.15, -0.1) is 0 Å². The van der Waals surface area contributed by atoms with Crippen LogP contribution >= 0.6 is 0 Å². The van der Waals surface area contributed by atoms with Gasteiger partial charge in [-0.2, -0.15) is 10.2 Å². The summed E-state index contributed by atoms with van der Waals surface area (Å²) in [5.74, 6) is -0.887. The highest BCUT2D eigenvalue weighted by molar-refractivity contribution is 5.92. The Morgan fingerprint density at radius 1 is 1.45 bits per heavy atom. The lowest BCUT2D eigenvalue weighted by Gasteiger charge is -2.16. The third-order valence-corrected chi connectivity index (χ3v) is 3.02. The van der Waals surface area contributed by atoms with E-state index in [1.54, 1.807) is 13.3 Å². The van der Waals surface area contributed by atoms with Crippen molar-refractivity contribution in [1.82, 2.24) is 10.2 Å². The number of nitrogens with one attached hydrogen (secondary N) is 1. The number of ether oxygens (including phenoxy) is 1. The van der Waals surface area contributed by atoms with Crippen molar-refractivity contribution in [3.8, 4) is 0 Å². The molecule has 1 aromatic carbocycles. The van der Waals surface area contributed by atoms with E-state index in [1.807, 2.05) is 24.3 Å². The number of anilines is 1. The molecule has 0 aliphatic rings.